The maximum absolute atomic E-state index is 4.70. The Morgan fingerprint density at radius 2 is 2.00 bits per heavy atom. The molecule has 0 spiro atoms. The molecule has 4 heterocycles. The molecule has 2 aliphatic rings. The number of anilines is 1. The molecule has 9 heteroatoms. The van der Waals surface area contributed by atoms with Crippen LogP contribution in [-0.2, 0) is 6.54 Å². The monoisotopic (exact) mass is 538 g/mol. The first kappa shape index (κ1) is 23.8. The fraction of sp³-hybridized carbons (Fsp3) is 0.591. The van der Waals surface area contributed by atoms with Crippen LogP contribution in [0.3, 0.4) is 0 Å². The van der Waals surface area contributed by atoms with Gasteiger partial charge in [-0.1, -0.05) is 13.0 Å². The van der Waals surface area contributed by atoms with E-state index in [1.807, 2.05) is 25.8 Å². The van der Waals surface area contributed by atoms with E-state index in [2.05, 4.69) is 66.9 Å². The lowest BCUT2D eigenvalue weighted by Crippen LogP contribution is -2.48. The van der Waals surface area contributed by atoms with Gasteiger partial charge in [0.1, 0.15) is 5.82 Å². The molecule has 2 aromatic rings. The van der Waals surface area contributed by atoms with Crippen molar-refractivity contribution in [3.8, 4) is 0 Å². The van der Waals surface area contributed by atoms with Crippen LogP contribution in [0.2, 0.25) is 0 Å². The summed E-state index contributed by atoms with van der Waals surface area (Å²) in [5, 5.41) is 3.53. The highest BCUT2D eigenvalue weighted by molar-refractivity contribution is 14.0. The van der Waals surface area contributed by atoms with Crippen LogP contribution < -0.4 is 10.2 Å². The number of hydrogen-bond donors (Lipinski definition) is 1. The number of imidazole rings is 1. The number of likely N-dealkylation sites (tertiary alicyclic amines) is 1. The van der Waals surface area contributed by atoms with Gasteiger partial charge in [-0.05, 0) is 31.0 Å². The fourth-order valence-corrected chi connectivity index (χ4v) is 4.35. The van der Waals surface area contributed by atoms with Crippen molar-refractivity contribution >= 4 is 35.8 Å². The molecule has 31 heavy (non-hydrogen) atoms. The van der Waals surface area contributed by atoms with Gasteiger partial charge in [0.15, 0.2) is 5.96 Å². The number of piperidine rings is 1. The van der Waals surface area contributed by atoms with Crippen LogP contribution in [0.1, 0.15) is 24.9 Å². The quantitative estimate of drug-likeness (QED) is 0.367. The summed E-state index contributed by atoms with van der Waals surface area (Å²) >= 11 is 0. The second-order valence-corrected chi connectivity index (χ2v) is 8.50. The van der Waals surface area contributed by atoms with Crippen molar-refractivity contribution in [2.24, 2.45) is 10.9 Å². The van der Waals surface area contributed by atoms with Crippen LogP contribution in [0.5, 0.6) is 0 Å². The largest absolute Gasteiger partial charge is 0.354 e. The molecule has 2 unspecified atom stereocenters. The zero-order valence-electron chi connectivity index (χ0n) is 18.8. The van der Waals surface area contributed by atoms with E-state index < -0.39 is 0 Å². The van der Waals surface area contributed by atoms with Crippen molar-refractivity contribution in [2.45, 2.75) is 25.9 Å². The molecule has 0 aromatic carbocycles. The van der Waals surface area contributed by atoms with Gasteiger partial charge in [0.05, 0.1) is 12.4 Å². The summed E-state index contributed by atoms with van der Waals surface area (Å²) in [4.78, 5) is 20.6. The third-order valence-corrected chi connectivity index (χ3v) is 6.42. The number of aromatic nitrogens is 3. The number of guanidine groups is 1. The summed E-state index contributed by atoms with van der Waals surface area (Å²) < 4.78 is 2.23. The van der Waals surface area contributed by atoms with Crippen LogP contribution in [0, 0.1) is 5.92 Å². The van der Waals surface area contributed by atoms with Crippen molar-refractivity contribution in [1.82, 2.24) is 29.7 Å². The molecular formula is C22H35IN8. The van der Waals surface area contributed by atoms with Gasteiger partial charge < -0.3 is 24.6 Å². The summed E-state index contributed by atoms with van der Waals surface area (Å²) in [6, 6.07) is 4.74. The minimum Gasteiger partial charge on any atom is -0.354 e. The summed E-state index contributed by atoms with van der Waals surface area (Å²) in [5.41, 5.74) is 1.17. The van der Waals surface area contributed by atoms with E-state index in [4.69, 9.17) is 4.98 Å². The van der Waals surface area contributed by atoms with Crippen molar-refractivity contribution in [3.63, 3.8) is 0 Å². The lowest BCUT2D eigenvalue weighted by atomic mass is 9.93. The minimum absolute atomic E-state index is 0. The summed E-state index contributed by atoms with van der Waals surface area (Å²) in [6.07, 6.45) is 8.98. The number of halogens is 1. The average Bonchev–Trinajstić information content (AvgIpc) is 3.31. The van der Waals surface area contributed by atoms with Crippen LogP contribution in [0.15, 0.2) is 42.0 Å². The molecule has 2 atom stereocenters. The van der Waals surface area contributed by atoms with E-state index in [1.165, 1.54) is 5.56 Å². The Morgan fingerprint density at radius 1 is 1.19 bits per heavy atom. The number of rotatable bonds is 4. The summed E-state index contributed by atoms with van der Waals surface area (Å²) in [7, 11) is 4.04. The van der Waals surface area contributed by atoms with Crippen molar-refractivity contribution in [2.75, 3.05) is 58.3 Å². The molecule has 0 saturated carbocycles. The Labute approximate surface area is 202 Å². The standard InChI is InChI=1S/C22H34N8.HI/c1-18-6-8-29(16-20(18)30-9-7-24-17-30)22(23-2)26-15-19-4-5-21(25-14-19)28-12-10-27(3)11-13-28;/h4-5,7,9,14,17-18,20H,6,8,10-13,15-16H2,1-3H3,(H,23,26);1H. The van der Waals surface area contributed by atoms with Crippen LogP contribution >= 0.6 is 24.0 Å². The number of piperazine rings is 1. The number of hydrogen-bond acceptors (Lipinski definition) is 5. The SMILES string of the molecule is CN=C(NCc1ccc(N2CCN(C)CC2)nc1)N1CCC(C)C(n2ccnc2)C1.I. The normalized spacial score (nSPS) is 22.9. The Kier molecular flexibility index (Phi) is 8.53. The molecule has 0 aliphatic carbocycles. The molecule has 0 amide bonds. The predicted octanol–water partition coefficient (Wildman–Crippen LogP) is 2.31. The van der Waals surface area contributed by atoms with Gasteiger partial charge in [-0.15, -0.1) is 24.0 Å². The third-order valence-electron chi connectivity index (χ3n) is 6.42. The summed E-state index contributed by atoms with van der Waals surface area (Å²) in [6.45, 7) is 9.28. The number of pyridine rings is 1. The number of aliphatic imine (C=N–C) groups is 1. The number of likely N-dealkylation sites (N-methyl/N-ethyl adjacent to an activating group) is 1. The zero-order valence-corrected chi connectivity index (χ0v) is 21.1. The van der Waals surface area contributed by atoms with Gasteiger partial charge in [-0.3, -0.25) is 4.99 Å². The highest BCUT2D eigenvalue weighted by Gasteiger charge is 2.28. The molecule has 170 valence electrons. The highest BCUT2D eigenvalue weighted by atomic mass is 127. The smallest absolute Gasteiger partial charge is 0.193 e. The third kappa shape index (κ3) is 5.88. The average molecular weight is 538 g/mol. The molecule has 2 saturated heterocycles. The van der Waals surface area contributed by atoms with Crippen LogP contribution in [-0.4, -0.2) is 83.7 Å². The van der Waals surface area contributed by atoms with Crippen molar-refractivity contribution in [3.05, 3.63) is 42.6 Å². The van der Waals surface area contributed by atoms with Gasteiger partial charge in [0.2, 0.25) is 0 Å². The Hall–Kier alpha value is -1.88. The first-order chi connectivity index (χ1) is 14.6. The van der Waals surface area contributed by atoms with E-state index in [0.717, 1.165) is 64.0 Å². The van der Waals surface area contributed by atoms with Gasteiger partial charge >= 0.3 is 0 Å². The first-order valence-corrected chi connectivity index (χ1v) is 11.0. The molecule has 2 aromatic heterocycles. The lowest BCUT2D eigenvalue weighted by Gasteiger charge is -2.39. The number of nitrogens with one attached hydrogen (secondary N) is 1. The van der Waals surface area contributed by atoms with E-state index in [1.54, 1.807) is 0 Å². The second kappa shape index (κ2) is 11.1. The van der Waals surface area contributed by atoms with Gasteiger partial charge in [-0.2, -0.15) is 0 Å². The lowest BCUT2D eigenvalue weighted by molar-refractivity contribution is 0.189. The van der Waals surface area contributed by atoms with Gasteiger partial charge in [-0.25, -0.2) is 9.97 Å². The van der Waals surface area contributed by atoms with Crippen LogP contribution in [0.4, 0.5) is 5.82 Å². The van der Waals surface area contributed by atoms with Crippen molar-refractivity contribution < 1.29 is 0 Å². The topological polar surface area (TPSA) is 64.8 Å². The zero-order chi connectivity index (χ0) is 20.9. The molecule has 2 aliphatic heterocycles. The van der Waals surface area contributed by atoms with Gasteiger partial charge in [0.25, 0.3) is 0 Å². The number of nitrogens with zero attached hydrogens (tertiary/aromatic N) is 7. The summed E-state index contributed by atoms with van der Waals surface area (Å²) in [5.74, 6) is 2.65. The van der Waals surface area contributed by atoms with E-state index in [0.29, 0.717) is 12.0 Å². The molecule has 0 bridgehead atoms. The van der Waals surface area contributed by atoms with E-state index >= 15 is 0 Å². The predicted molar refractivity (Wildman–Crippen MR) is 136 cm³/mol. The maximum Gasteiger partial charge on any atom is 0.193 e. The minimum atomic E-state index is 0. The Bertz CT molecular complexity index is 815. The molecule has 4 rings (SSSR count). The molecule has 1 N–H and O–H groups in total. The van der Waals surface area contributed by atoms with Crippen molar-refractivity contribution in [1.29, 1.82) is 0 Å². The highest BCUT2D eigenvalue weighted by Crippen LogP contribution is 2.27. The Morgan fingerprint density at radius 3 is 2.65 bits per heavy atom. The van der Waals surface area contributed by atoms with E-state index in [9.17, 15) is 0 Å². The maximum atomic E-state index is 4.70. The van der Waals surface area contributed by atoms with E-state index in [-0.39, 0.29) is 24.0 Å². The Balaban J connectivity index is 0.00000272. The second-order valence-electron chi connectivity index (χ2n) is 8.50. The fourth-order valence-electron chi connectivity index (χ4n) is 4.35. The molecule has 0 radical (unpaired) electrons. The molecule has 8 nitrogen and oxygen atoms in total. The van der Waals surface area contributed by atoms with Crippen LogP contribution in [0.25, 0.3) is 0 Å². The van der Waals surface area contributed by atoms with Gasteiger partial charge in [0, 0.05) is 71.5 Å². The molecular weight excluding hydrogens is 503 g/mol. The molecule has 2 fully saturated rings. The first-order valence-electron chi connectivity index (χ1n) is 11.0.